The molecule has 1 aliphatic carbocycles. The zero-order valence-electron chi connectivity index (χ0n) is 75.9. The topological polar surface area (TPSA) is 268 Å². The summed E-state index contributed by atoms with van der Waals surface area (Å²) >= 11 is 10.5. The van der Waals surface area contributed by atoms with Crippen LogP contribution in [-0.4, -0.2) is 120 Å². The zero-order valence-corrected chi connectivity index (χ0v) is 83.7. The van der Waals surface area contributed by atoms with E-state index in [0.717, 1.165) is 80.2 Å². The summed E-state index contributed by atoms with van der Waals surface area (Å²) < 4.78 is 44.1. The molecule has 12 bridgehead atoms. The van der Waals surface area contributed by atoms with Gasteiger partial charge in [0.1, 0.15) is 47.1 Å². The molecule has 0 spiro atoms. The summed E-state index contributed by atoms with van der Waals surface area (Å²) in [4.78, 5) is 52.6. The smallest absolute Gasteiger partial charge is 0.860 e. The number of hydrogen-bond donors (Lipinski definition) is 5. The molecule has 124 heavy (non-hydrogen) atoms. The van der Waals surface area contributed by atoms with E-state index in [1.165, 1.54) is 0 Å². The molecule has 0 aliphatic heterocycles. The monoisotopic (exact) mass is 1900 g/mol. The Bertz CT molecular complexity index is 4780. The van der Waals surface area contributed by atoms with Gasteiger partial charge in [-0.15, -0.1) is 0 Å². The van der Waals surface area contributed by atoms with Crippen molar-refractivity contribution < 1.29 is 125 Å². The molecule has 18 nitrogen and oxygen atoms in total. The minimum Gasteiger partial charge on any atom is -0.860 e. The van der Waals surface area contributed by atoms with E-state index >= 15 is 0 Å². The quantitative estimate of drug-likeness (QED) is 0.0214. The molecule has 3 atom stereocenters. The van der Waals surface area contributed by atoms with Crippen LogP contribution in [-0.2, 0) is 105 Å². The molecule has 9 aromatic rings. The van der Waals surface area contributed by atoms with Gasteiger partial charge in [0.25, 0.3) is 0 Å². The molecule has 10 rings (SSSR count). The Balaban J connectivity index is 0.0000174. The van der Waals surface area contributed by atoms with E-state index in [-0.39, 0.29) is 109 Å². The van der Waals surface area contributed by atoms with Crippen LogP contribution >= 0.6 is 47.8 Å². The fourth-order valence-corrected chi connectivity index (χ4v) is 16.2. The van der Waals surface area contributed by atoms with E-state index in [9.17, 15) is 45.0 Å². The van der Waals surface area contributed by atoms with Crippen molar-refractivity contribution in [1.82, 2.24) is 0 Å². The van der Waals surface area contributed by atoms with Crippen molar-refractivity contribution in [2.45, 2.75) is 233 Å². The van der Waals surface area contributed by atoms with Crippen molar-refractivity contribution in [2.24, 2.45) is 15.0 Å². The SMILES string of the molecule is COc1c2cc(C(C)(C)C)cc1Cc1cc(C(C)(C)C)cc(c1OCC(O)=N[C@@H](Cc1ccc(Br)cc1)C(=O)O)Cc1cc(C(C)(C)C)cc(c1OC)Cc1cc(C(C)(C)C)cc(c1OCC(O)=N[C@@H](Cc1ccc(Br)cc1)C(=O)O)Cc1cc(C(C)(C)C)cc(c1OC)Cc1cc(C(C)(C)C)cc(c1OCC([O-])=N[C@@H](Cc1ccc(Br)cc1)C(=O)O)C2.[K+]. The van der Waals surface area contributed by atoms with Crippen molar-refractivity contribution in [3.8, 4) is 34.5 Å². The van der Waals surface area contributed by atoms with Gasteiger partial charge in [0, 0.05) is 71.2 Å². The average molecular weight is 1910 g/mol. The number of fused-ring (bicyclic) bond motifs is 12. The van der Waals surface area contributed by atoms with E-state index in [2.05, 4.69) is 260 Å². The largest absolute Gasteiger partial charge is 1.00 e. The number of carbonyl (C=O) groups is 3. The Hall–Kier alpha value is -8.32. The van der Waals surface area contributed by atoms with Gasteiger partial charge in [0.15, 0.2) is 25.3 Å². The van der Waals surface area contributed by atoms with Gasteiger partial charge in [-0.1, -0.05) is 282 Å². The zero-order chi connectivity index (χ0) is 90.3. The molecular formula is C102H119Br3KN3O15. The van der Waals surface area contributed by atoms with Crippen molar-refractivity contribution >= 4 is 83.4 Å². The first-order valence-electron chi connectivity index (χ1n) is 41.6. The Morgan fingerprint density at radius 2 is 0.492 bits per heavy atom. The summed E-state index contributed by atoms with van der Waals surface area (Å²) in [6.07, 6.45) is 1.06. The molecule has 0 saturated heterocycles. The molecule has 1 aliphatic rings. The van der Waals surface area contributed by atoms with Crippen LogP contribution in [0.15, 0.2) is 174 Å². The van der Waals surface area contributed by atoms with Gasteiger partial charge in [-0.05, 0) is 192 Å². The molecule has 9 aromatic carbocycles. The fraction of sp³-hybridized carbons (Fsp3) is 0.412. The third-order valence-electron chi connectivity index (χ3n) is 22.4. The molecule has 0 radical (unpaired) electrons. The van der Waals surface area contributed by atoms with Gasteiger partial charge in [-0.25, -0.2) is 24.4 Å². The number of ether oxygens (including phenoxy) is 6. The van der Waals surface area contributed by atoms with E-state index in [1.807, 2.05) is 60.7 Å². The standard InChI is InChI=1S/C102H120Br3N3O15.K/c1-97(2,3)73-43-61-37-67-49-76(100(10,11)12)51-69(91(67)121-55-85(109)106-82(94(112)113)34-58-22-28-79(103)29-23-58)39-63-45-74(98(4,5)6)47-65(89(63)119-20)41-71-53-78(102(16,17)18)54-72(93(71)123-57-87(111)108-84(96(116)117)36-60-26-32-81(105)33-27-60)42-66-48-75(99(7,8)9)46-64(90(66)120-21)40-70-52-77(101(13,14)15)50-68(38-62(44-73)88(61)118-19)92(70)122-56-86(110)107-83(95(114)115)35-59-24-30-80(104)31-25-59;/h22-33,43-54,82-84H,34-42,55-57H2,1-21H3,(H,106,109)(H,107,110)(H,108,111)(H,112,113)(H,114,115)(H,116,117);/q;+1/p-1/t82-,83-,84-;/m0./s1. The fourth-order valence-electron chi connectivity index (χ4n) is 15.4. The maximum Gasteiger partial charge on any atom is 1.00 e. The van der Waals surface area contributed by atoms with Crippen LogP contribution in [0.1, 0.15) is 241 Å². The van der Waals surface area contributed by atoms with E-state index in [1.54, 1.807) is 33.5 Å². The van der Waals surface area contributed by atoms with Crippen molar-refractivity contribution in [1.29, 1.82) is 0 Å². The number of benzene rings is 9. The molecule has 0 unspecified atom stereocenters. The Morgan fingerprint density at radius 3 is 0.669 bits per heavy atom. The number of methoxy groups -OCH3 is 3. The van der Waals surface area contributed by atoms with Crippen LogP contribution in [0.4, 0.5) is 0 Å². The van der Waals surface area contributed by atoms with Gasteiger partial charge in [0.05, 0.1) is 21.3 Å². The van der Waals surface area contributed by atoms with E-state index in [0.29, 0.717) is 84.6 Å². The van der Waals surface area contributed by atoms with Gasteiger partial charge < -0.3 is 59.1 Å². The molecule has 0 saturated carbocycles. The number of aliphatic carboxylic acids is 3. The molecular weight excluding hydrogens is 1790 g/mol. The number of carboxylic acid groups (broad SMARTS) is 3. The number of rotatable bonds is 24. The number of aliphatic hydroxyl groups excluding tert-OH is 2. The number of hydrogen-bond acceptors (Lipinski definition) is 13. The first-order chi connectivity index (χ1) is 57.5. The summed E-state index contributed by atoms with van der Waals surface area (Å²) in [5.74, 6) is -2.74. The first kappa shape index (κ1) is 99.5. The number of aliphatic imine (C=N–C) groups is 3. The van der Waals surface area contributed by atoms with Crippen LogP contribution in [0.2, 0.25) is 0 Å². The van der Waals surface area contributed by atoms with Crippen LogP contribution in [0.5, 0.6) is 34.5 Å². The number of carboxylic acids is 3. The molecule has 5 N–H and O–H groups in total. The van der Waals surface area contributed by atoms with E-state index in [4.69, 9.17) is 28.4 Å². The summed E-state index contributed by atoms with van der Waals surface area (Å²) in [5, 5.41) is 71.1. The molecule has 0 aromatic heterocycles. The van der Waals surface area contributed by atoms with Gasteiger partial charge >= 0.3 is 69.3 Å². The Kier molecular flexibility index (Phi) is 33.0. The number of halogens is 3. The first-order valence-corrected chi connectivity index (χ1v) is 44.0. The maximum atomic E-state index is 14.7. The van der Waals surface area contributed by atoms with Crippen LogP contribution in [0.25, 0.3) is 0 Å². The molecule has 654 valence electrons. The van der Waals surface area contributed by atoms with Gasteiger partial charge in [0.2, 0.25) is 11.8 Å². The minimum absolute atomic E-state index is 0. The van der Waals surface area contributed by atoms with E-state index < -0.39 is 106 Å². The second-order valence-corrected chi connectivity index (χ2v) is 41.2. The Morgan fingerprint density at radius 1 is 0.315 bits per heavy atom. The third-order valence-corrected chi connectivity index (χ3v) is 24.0. The average Bonchev–Trinajstić information content (AvgIpc) is 0.764. The maximum absolute atomic E-state index is 14.7. The summed E-state index contributed by atoms with van der Waals surface area (Å²) in [5.41, 5.74) is 13.9. The minimum atomic E-state index is -1.43. The number of aliphatic hydroxyl groups is 2. The third kappa shape index (κ3) is 26.2. The normalized spacial score (nSPS) is 14.1. The predicted molar refractivity (Wildman–Crippen MR) is 499 cm³/mol. The Labute approximate surface area is 800 Å². The van der Waals surface area contributed by atoms with Crippen molar-refractivity contribution in [3.05, 3.63) is 276 Å². The van der Waals surface area contributed by atoms with Gasteiger partial charge in [-0.3, -0.25) is 4.99 Å². The molecule has 0 amide bonds. The van der Waals surface area contributed by atoms with Gasteiger partial charge in [-0.2, -0.15) is 0 Å². The van der Waals surface area contributed by atoms with Crippen LogP contribution < -0.4 is 84.9 Å². The molecule has 0 heterocycles. The van der Waals surface area contributed by atoms with Crippen LogP contribution in [0.3, 0.4) is 0 Å². The predicted octanol–water partition coefficient (Wildman–Crippen LogP) is 18.5. The second kappa shape index (κ2) is 41.2. The molecule has 22 heteroatoms. The summed E-state index contributed by atoms with van der Waals surface area (Å²) in [6, 6.07) is 43.3. The molecule has 0 fully saturated rings. The summed E-state index contributed by atoms with van der Waals surface area (Å²) in [6.45, 7) is 37.0. The van der Waals surface area contributed by atoms with Crippen molar-refractivity contribution in [3.63, 3.8) is 0 Å². The number of nitrogens with zero attached hydrogens (tertiary/aromatic N) is 3. The van der Waals surface area contributed by atoms with Crippen LogP contribution in [0, 0.1) is 0 Å². The summed E-state index contributed by atoms with van der Waals surface area (Å²) in [7, 11) is 4.97. The van der Waals surface area contributed by atoms with Crippen molar-refractivity contribution in [2.75, 3.05) is 41.2 Å². The second-order valence-electron chi connectivity index (χ2n) is 38.4.